The first kappa shape index (κ1) is 16.8. The van der Waals surface area contributed by atoms with Gasteiger partial charge in [0.2, 0.25) is 5.28 Å². The van der Waals surface area contributed by atoms with Gasteiger partial charge in [-0.2, -0.15) is 0 Å². The van der Waals surface area contributed by atoms with E-state index in [-0.39, 0.29) is 0 Å². The Kier molecular flexibility index (Phi) is 4.88. The van der Waals surface area contributed by atoms with Gasteiger partial charge in [0.15, 0.2) is 0 Å². The van der Waals surface area contributed by atoms with Crippen LogP contribution >= 0.6 is 11.6 Å². The minimum absolute atomic E-state index is 0.311. The van der Waals surface area contributed by atoms with E-state index < -0.39 is 0 Å². The molecule has 25 heavy (non-hydrogen) atoms. The van der Waals surface area contributed by atoms with E-state index in [0.29, 0.717) is 11.3 Å². The van der Waals surface area contributed by atoms with E-state index in [1.165, 1.54) is 11.1 Å². The standard InChI is InChI=1S/C19H23ClN4O/c1-14-13-25-10-9-24(14)18-16-7-8-23(11-15-5-3-2-4-6-15)12-17(16)21-19(20)22-18/h2-6,14H,7-13H2,1H3. The van der Waals surface area contributed by atoms with E-state index >= 15 is 0 Å². The van der Waals surface area contributed by atoms with E-state index in [2.05, 4.69) is 57.0 Å². The van der Waals surface area contributed by atoms with E-state index in [1.807, 2.05) is 0 Å². The Balaban J connectivity index is 1.58. The molecule has 0 spiro atoms. The maximum Gasteiger partial charge on any atom is 0.224 e. The number of hydrogen-bond donors (Lipinski definition) is 0. The first-order valence-electron chi connectivity index (χ1n) is 8.86. The number of aromatic nitrogens is 2. The molecule has 0 N–H and O–H groups in total. The Morgan fingerprint density at radius 2 is 2.04 bits per heavy atom. The summed E-state index contributed by atoms with van der Waals surface area (Å²) >= 11 is 6.26. The number of ether oxygens (including phenoxy) is 1. The van der Waals surface area contributed by atoms with Crippen LogP contribution in [0.4, 0.5) is 5.82 Å². The molecule has 5 nitrogen and oxygen atoms in total. The average molecular weight is 359 g/mol. The van der Waals surface area contributed by atoms with Gasteiger partial charge in [0.05, 0.1) is 24.9 Å². The van der Waals surface area contributed by atoms with Gasteiger partial charge in [0, 0.05) is 31.7 Å². The number of benzene rings is 1. The summed E-state index contributed by atoms with van der Waals surface area (Å²) < 4.78 is 5.56. The number of nitrogens with zero attached hydrogens (tertiary/aromatic N) is 4. The van der Waals surface area contributed by atoms with Crippen LogP contribution < -0.4 is 4.90 Å². The second-order valence-electron chi connectivity index (χ2n) is 6.81. The van der Waals surface area contributed by atoms with Gasteiger partial charge < -0.3 is 9.64 Å². The van der Waals surface area contributed by atoms with Crippen molar-refractivity contribution in [3.05, 3.63) is 52.4 Å². The normalized spacial score (nSPS) is 21.2. The molecule has 1 atom stereocenters. The summed E-state index contributed by atoms with van der Waals surface area (Å²) in [5.74, 6) is 1.00. The summed E-state index contributed by atoms with van der Waals surface area (Å²) in [5.41, 5.74) is 3.64. The highest BCUT2D eigenvalue weighted by Crippen LogP contribution is 2.30. The minimum Gasteiger partial charge on any atom is -0.377 e. The summed E-state index contributed by atoms with van der Waals surface area (Å²) in [6.45, 7) is 7.26. The molecule has 1 fully saturated rings. The van der Waals surface area contributed by atoms with E-state index in [1.54, 1.807) is 0 Å². The molecule has 2 aromatic rings. The lowest BCUT2D eigenvalue weighted by Gasteiger charge is -2.37. The maximum absolute atomic E-state index is 6.26. The Bertz CT molecular complexity index is 740. The Hall–Kier alpha value is -1.69. The zero-order valence-electron chi connectivity index (χ0n) is 14.5. The third-order valence-corrected chi connectivity index (χ3v) is 5.15. The molecule has 0 radical (unpaired) electrons. The molecule has 0 amide bonds. The summed E-state index contributed by atoms with van der Waals surface area (Å²) in [4.78, 5) is 13.9. The minimum atomic E-state index is 0.311. The van der Waals surface area contributed by atoms with Crippen LogP contribution in [0.25, 0.3) is 0 Å². The van der Waals surface area contributed by atoms with Crippen molar-refractivity contribution in [2.75, 3.05) is 31.2 Å². The average Bonchev–Trinajstić information content (AvgIpc) is 2.62. The summed E-state index contributed by atoms with van der Waals surface area (Å²) in [7, 11) is 0. The molecular formula is C19H23ClN4O. The van der Waals surface area contributed by atoms with Crippen LogP contribution in [0, 0.1) is 0 Å². The summed E-state index contributed by atoms with van der Waals surface area (Å²) in [6, 6.07) is 10.9. The van der Waals surface area contributed by atoms with Gasteiger partial charge in [-0.15, -0.1) is 0 Å². The number of rotatable bonds is 3. The van der Waals surface area contributed by atoms with Gasteiger partial charge in [0.1, 0.15) is 5.82 Å². The molecule has 0 saturated carbocycles. The zero-order valence-corrected chi connectivity index (χ0v) is 15.2. The smallest absolute Gasteiger partial charge is 0.224 e. The molecule has 132 valence electrons. The highest BCUT2D eigenvalue weighted by Gasteiger charge is 2.28. The molecule has 2 aliphatic heterocycles. The molecule has 1 unspecified atom stereocenters. The third-order valence-electron chi connectivity index (χ3n) is 4.98. The molecule has 0 aliphatic carbocycles. The summed E-state index contributed by atoms with van der Waals surface area (Å²) in [6.07, 6.45) is 0.957. The van der Waals surface area contributed by atoms with E-state index in [9.17, 15) is 0 Å². The highest BCUT2D eigenvalue weighted by molar-refractivity contribution is 6.28. The predicted molar refractivity (Wildman–Crippen MR) is 98.9 cm³/mol. The van der Waals surface area contributed by atoms with Crippen LogP contribution in [0.15, 0.2) is 30.3 Å². The molecule has 6 heteroatoms. The molecule has 1 saturated heterocycles. The van der Waals surface area contributed by atoms with Gasteiger partial charge in [-0.1, -0.05) is 30.3 Å². The first-order valence-corrected chi connectivity index (χ1v) is 9.24. The van der Waals surface area contributed by atoms with Crippen molar-refractivity contribution in [3.8, 4) is 0 Å². The monoisotopic (exact) mass is 358 g/mol. The predicted octanol–water partition coefficient (Wildman–Crippen LogP) is 2.91. The molecule has 1 aromatic carbocycles. The number of hydrogen-bond acceptors (Lipinski definition) is 5. The van der Waals surface area contributed by atoms with Gasteiger partial charge in [-0.05, 0) is 30.5 Å². The molecule has 3 heterocycles. The van der Waals surface area contributed by atoms with Crippen LogP contribution in [-0.4, -0.2) is 47.2 Å². The van der Waals surface area contributed by atoms with Gasteiger partial charge >= 0.3 is 0 Å². The van der Waals surface area contributed by atoms with Crippen molar-refractivity contribution in [3.63, 3.8) is 0 Å². The number of fused-ring (bicyclic) bond motifs is 1. The van der Waals surface area contributed by atoms with Crippen LogP contribution in [0.3, 0.4) is 0 Å². The maximum atomic E-state index is 6.26. The van der Waals surface area contributed by atoms with Crippen molar-refractivity contribution in [1.82, 2.24) is 14.9 Å². The van der Waals surface area contributed by atoms with Gasteiger partial charge in [-0.25, -0.2) is 9.97 Å². The molecule has 0 bridgehead atoms. The van der Waals surface area contributed by atoms with Crippen molar-refractivity contribution in [1.29, 1.82) is 0 Å². The highest BCUT2D eigenvalue weighted by atomic mass is 35.5. The fourth-order valence-corrected chi connectivity index (χ4v) is 3.87. The second-order valence-corrected chi connectivity index (χ2v) is 7.14. The van der Waals surface area contributed by atoms with Crippen molar-refractivity contribution in [2.24, 2.45) is 0 Å². The number of morpholine rings is 1. The van der Waals surface area contributed by atoms with Crippen LogP contribution in [0.2, 0.25) is 5.28 Å². The molecular weight excluding hydrogens is 336 g/mol. The van der Waals surface area contributed by atoms with Gasteiger partial charge in [-0.3, -0.25) is 4.90 Å². The molecule has 2 aliphatic rings. The number of anilines is 1. The first-order chi connectivity index (χ1) is 12.2. The largest absolute Gasteiger partial charge is 0.377 e. The fraction of sp³-hybridized carbons (Fsp3) is 0.474. The lowest BCUT2D eigenvalue weighted by atomic mass is 10.0. The zero-order chi connectivity index (χ0) is 17.2. The van der Waals surface area contributed by atoms with Crippen molar-refractivity contribution < 1.29 is 4.74 Å². The van der Waals surface area contributed by atoms with Gasteiger partial charge in [0.25, 0.3) is 0 Å². The lowest BCUT2D eigenvalue weighted by molar-refractivity contribution is 0.0983. The van der Waals surface area contributed by atoms with Crippen LogP contribution in [0.1, 0.15) is 23.7 Å². The van der Waals surface area contributed by atoms with Crippen LogP contribution in [-0.2, 0) is 24.2 Å². The Morgan fingerprint density at radius 3 is 2.84 bits per heavy atom. The SMILES string of the molecule is CC1COCCN1c1nc(Cl)nc2c1CCN(Cc1ccccc1)C2. The van der Waals surface area contributed by atoms with Crippen LogP contribution in [0.5, 0.6) is 0 Å². The second kappa shape index (κ2) is 7.28. The third kappa shape index (κ3) is 3.64. The van der Waals surface area contributed by atoms with E-state index in [4.69, 9.17) is 16.3 Å². The van der Waals surface area contributed by atoms with Crippen molar-refractivity contribution >= 4 is 17.4 Å². The Morgan fingerprint density at radius 1 is 1.20 bits per heavy atom. The molecule has 4 rings (SSSR count). The Labute approximate surface area is 153 Å². The lowest BCUT2D eigenvalue weighted by Crippen LogP contribution is -2.45. The number of halogens is 1. The van der Waals surface area contributed by atoms with E-state index in [0.717, 1.165) is 57.3 Å². The fourth-order valence-electron chi connectivity index (χ4n) is 3.69. The quantitative estimate of drug-likeness (QED) is 0.789. The summed E-state index contributed by atoms with van der Waals surface area (Å²) in [5, 5.41) is 0.342. The topological polar surface area (TPSA) is 41.5 Å². The molecule has 1 aromatic heterocycles. The van der Waals surface area contributed by atoms with Crippen molar-refractivity contribution in [2.45, 2.75) is 32.5 Å².